The molecule has 0 aliphatic heterocycles. The van der Waals surface area contributed by atoms with E-state index in [2.05, 4.69) is 21.4 Å². The number of halogens is 4. The zero-order valence-electron chi connectivity index (χ0n) is 8.88. The Balaban J connectivity index is 2.52. The van der Waals surface area contributed by atoms with E-state index in [9.17, 15) is 4.39 Å². The SMILES string of the molecule is NNC(c1cc(Cl)sc1Cl)c1cccc(Br)c1F. The molecule has 96 valence electrons. The first kappa shape index (κ1) is 14.2. The Kier molecular flexibility index (Phi) is 4.64. The van der Waals surface area contributed by atoms with Gasteiger partial charge >= 0.3 is 0 Å². The number of rotatable bonds is 3. The van der Waals surface area contributed by atoms with E-state index in [-0.39, 0.29) is 5.82 Å². The van der Waals surface area contributed by atoms with Crippen LogP contribution in [0.3, 0.4) is 0 Å². The maximum Gasteiger partial charge on any atom is 0.142 e. The zero-order chi connectivity index (χ0) is 13.3. The Morgan fingerprint density at radius 2 is 2.06 bits per heavy atom. The van der Waals surface area contributed by atoms with Crippen LogP contribution in [0.4, 0.5) is 4.39 Å². The molecule has 0 saturated heterocycles. The van der Waals surface area contributed by atoms with Crippen molar-refractivity contribution in [3.63, 3.8) is 0 Å². The van der Waals surface area contributed by atoms with Gasteiger partial charge in [0, 0.05) is 11.1 Å². The molecule has 7 heteroatoms. The van der Waals surface area contributed by atoms with E-state index in [0.29, 0.717) is 24.3 Å². The lowest BCUT2D eigenvalue weighted by Gasteiger charge is -2.17. The van der Waals surface area contributed by atoms with Crippen LogP contribution >= 0.6 is 50.5 Å². The monoisotopic (exact) mass is 368 g/mol. The van der Waals surface area contributed by atoms with Crippen LogP contribution < -0.4 is 11.3 Å². The molecule has 3 N–H and O–H groups in total. The van der Waals surface area contributed by atoms with Gasteiger partial charge < -0.3 is 0 Å². The number of hydrazine groups is 1. The average Bonchev–Trinajstić information content (AvgIpc) is 2.65. The molecule has 18 heavy (non-hydrogen) atoms. The maximum atomic E-state index is 14.0. The minimum Gasteiger partial charge on any atom is -0.271 e. The summed E-state index contributed by atoms with van der Waals surface area (Å²) in [7, 11) is 0. The molecule has 0 amide bonds. The second-order valence-electron chi connectivity index (χ2n) is 3.52. The molecule has 2 nitrogen and oxygen atoms in total. The first-order chi connectivity index (χ1) is 8.54. The summed E-state index contributed by atoms with van der Waals surface area (Å²) < 4.78 is 15.4. The van der Waals surface area contributed by atoms with E-state index in [4.69, 9.17) is 29.0 Å². The van der Waals surface area contributed by atoms with Gasteiger partial charge in [-0.2, -0.15) is 0 Å². The summed E-state index contributed by atoms with van der Waals surface area (Å²) in [4.78, 5) is 0. The standard InChI is InChI=1S/C11H8BrCl2FN2S/c12-7-3-1-2-5(9(7)15)10(17-16)6-4-8(13)18-11(6)14/h1-4,10,17H,16H2. The molecule has 0 radical (unpaired) electrons. The number of nitrogens with two attached hydrogens (primary N) is 1. The average molecular weight is 370 g/mol. The van der Waals surface area contributed by atoms with Crippen LogP contribution in [-0.2, 0) is 0 Å². The molecule has 2 rings (SSSR count). The molecule has 1 heterocycles. The Hall–Kier alpha value is -0.170. The third kappa shape index (κ3) is 2.71. The summed E-state index contributed by atoms with van der Waals surface area (Å²) in [6, 6.07) is 6.13. The number of benzene rings is 1. The molecule has 2 aromatic rings. The summed E-state index contributed by atoms with van der Waals surface area (Å²) in [5.41, 5.74) is 3.62. The van der Waals surface area contributed by atoms with E-state index >= 15 is 0 Å². The molecule has 1 atom stereocenters. The van der Waals surface area contributed by atoms with Crippen molar-refractivity contribution in [3.05, 3.63) is 54.4 Å². The quantitative estimate of drug-likeness (QED) is 0.617. The lowest BCUT2D eigenvalue weighted by atomic mass is 10.0. The van der Waals surface area contributed by atoms with E-state index in [1.54, 1.807) is 24.3 Å². The molecule has 0 bridgehead atoms. The van der Waals surface area contributed by atoms with Gasteiger partial charge in [-0.25, -0.2) is 9.82 Å². The van der Waals surface area contributed by atoms with Crippen molar-refractivity contribution in [2.45, 2.75) is 6.04 Å². The summed E-state index contributed by atoms with van der Waals surface area (Å²) in [5, 5.41) is 0. The molecule has 0 aliphatic rings. The van der Waals surface area contributed by atoms with Crippen LogP contribution in [0.15, 0.2) is 28.7 Å². The lowest BCUT2D eigenvalue weighted by molar-refractivity contribution is 0.556. The van der Waals surface area contributed by atoms with Crippen molar-refractivity contribution in [1.29, 1.82) is 0 Å². The summed E-state index contributed by atoms with van der Waals surface area (Å²) in [6.07, 6.45) is 0. The number of hydrogen-bond donors (Lipinski definition) is 2. The first-order valence-corrected chi connectivity index (χ1v) is 7.26. The Morgan fingerprint density at radius 1 is 1.33 bits per heavy atom. The molecular weight excluding hydrogens is 362 g/mol. The minimum absolute atomic E-state index is 0.373. The van der Waals surface area contributed by atoms with E-state index < -0.39 is 6.04 Å². The number of hydrogen-bond acceptors (Lipinski definition) is 3. The Bertz CT molecular complexity index is 576. The summed E-state index contributed by atoms with van der Waals surface area (Å²) in [5.74, 6) is 5.13. The van der Waals surface area contributed by atoms with Crippen LogP contribution in [0, 0.1) is 5.82 Å². The molecule has 0 aliphatic carbocycles. The lowest BCUT2D eigenvalue weighted by Crippen LogP contribution is -2.29. The first-order valence-electron chi connectivity index (χ1n) is 4.89. The van der Waals surface area contributed by atoms with Gasteiger partial charge in [0.05, 0.1) is 19.2 Å². The highest BCUT2D eigenvalue weighted by molar-refractivity contribution is 9.10. The number of thiophene rings is 1. The molecule has 0 saturated carbocycles. The molecule has 1 aromatic heterocycles. The highest BCUT2D eigenvalue weighted by atomic mass is 79.9. The Morgan fingerprint density at radius 3 is 2.61 bits per heavy atom. The highest BCUT2D eigenvalue weighted by Crippen LogP contribution is 2.38. The van der Waals surface area contributed by atoms with Crippen molar-refractivity contribution in [2.75, 3.05) is 0 Å². The highest BCUT2D eigenvalue weighted by Gasteiger charge is 2.22. The van der Waals surface area contributed by atoms with E-state index in [1.807, 2.05) is 0 Å². The third-order valence-corrected chi connectivity index (χ3v) is 4.58. The predicted octanol–water partition coefficient (Wildman–Crippen LogP) is 4.51. The second kappa shape index (κ2) is 5.86. The van der Waals surface area contributed by atoms with Crippen molar-refractivity contribution in [2.24, 2.45) is 5.84 Å². The minimum atomic E-state index is -0.543. The topological polar surface area (TPSA) is 38.0 Å². The van der Waals surface area contributed by atoms with Gasteiger partial charge in [-0.15, -0.1) is 11.3 Å². The maximum absolute atomic E-state index is 14.0. The van der Waals surface area contributed by atoms with Gasteiger partial charge in [0.1, 0.15) is 5.82 Å². The fourth-order valence-corrected chi connectivity index (χ4v) is 3.55. The van der Waals surface area contributed by atoms with Crippen molar-refractivity contribution >= 4 is 50.5 Å². The van der Waals surface area contributed by atoms with Crippen LogP contribution in [-0.4, -0.2) is 0 Å². The molecular formula is C11H8BrCl2FN2S. The fraction of sp³-hybridized carbons (Fsp3) is 0.0909. The van der Waals surface area contributed by atoms with E-state index in [1.165, 1.54) is 11.3 Å². The normalized spacial score (nSPS) is 12.7. The van der Waals surface area contributed by atoms with Crippen molar-refractivity contribution in [3.8, 4) is 0 Å². The van der Waals surface area contributed by atoms with Gasteiger partial charge in [-0.3, -0.25) is 5.84 Å². The van der Waals surface area contributed by atoms with Crippen LogP contribution in [0.25, 0.3) is 0 Å². The second-order valence-corrected chi connectivity index (χ2v) is 6.66. The van der Waals surface area contributed by atoms with Gasteiger partial charge in [-0.05, 0) is 28.1 Å². The van der Waals surface area contributed by atoms with Crippen LogP contribution in [0.5, 0.6) is 0 Å². The molecule has 1 unspecified atom stereocenters. The van der Waals surface area contributed by atoms with Crippen LogP contribution in [0.1, 0.15) is 17.2 Å². The predicted molar refractivity (Wildman–Crippen MR) is 77.6 cm³/mol. The molecule has 1 aromatic carbocycles. The van der Waals surface area contributed by atoms with Crippen molar-refractivity contribution < 1.29 is 4.39 Å². The van der Waals surface area contributed by atoms with Gasteiger partial charge in [0.25, 0.3) is 0 Å². The van der Waals surface area contributed by atoms with E-state index in [0.717, 1.165) is 0 Å². The van der Waals surface area contributed by atoms with Gasteiger partial charge in [0.15, 0.2) is 0 Å². The van der Waals surface area contributed by atoms with Gasteiger partial charge in [-0.1, -0.05) is 35.3 Å². The molecule has 0 spiro atoms. The zero-order valence-corrected chi connectivity index (χ0v) is 12.8. The number of nitrogens with one attached hydrogen (secondary N) is 1. The Labute approximate surface area is 126 Å². The largest absolute Gasteiger partial charge is 0.271 e. The smallest absolute Gasteiger partial charge is 0.142 e. The van der Waals surface area contributed by atoms with Crippen LogP contribution in [0.2, 0.25) is 8.67 Å². The van der Waals surface area contributed by atoms with Gasteiger partial charge in [0.2, 0.25) is 0 Å². The molecule has 0 fully saturated rings. The summed E-state index contributed by atoms with van der Waals surface area (Å²) in [6.45, 7) is 0. The van der Waals surface area contributed by atoms with Crippen molar-refractivity contribution in [1.82, 2.24) is 5.43 Å². The third-order valence-electron chi connectivity index (χ3n) is 2.45. The summed E-state index contributed by atoms with van der Waals surface area (Å²) >= 11 is 16.3. The fourth-order valence-electron chi connectivity index (χ4n) is 1.64.